The Bertz CT molecular complexity index is 471. The van der Waals surface area contributed by atoms with E-state index in [0.717, 1.165) is 5.56 Å². The van der Waals surface area contributed by atoms with E-state index in [1.807, 2.05) is 13.8 Å². The number of rotatable bonds is 6. The third-order valence-electron chi connectivity index (χ3n) is 2.85. The summed E-state index contributed by atoms with van der Waals surface area (Å²) in [6.45, 7) is 3.74. The second-order valence-corrected chi connectivity index (χ2v) is 4.34. The molecule has 0 saturated heterocycles. The minimum atomic E-state index is -1.02. The number of carboxylic acids is 1. The summed E-state index contributed by atoms with van der Waals surface area (Å²) in [6, 6.07) is 4.17. The van der Waals surface area contributed by atoms with Crippen LogP contribution in [0.25, 0.3) is 0 Å². The SMILES string of the molecule is CCC[C@H](NC(=O)c1ccc(C)c(OC)c1)C(=O)O. The first-order valence-corrected chi connectivity index (χ1v) is 6.17. The second-order valence-electron chi connectivity index (χ2n) is 4.34. The van der Waals surface area contributed by atoms with Gasteiger partial charge < -0.3 is 15.2 Å². The maximum Gasteiger partial charge on any atom is 0.326 e. The van der Waals surface area contributed by atoms with Crippen LogP contribution in [0.5, 0.6) is 5.75 Å². The van der Waals surface area contributed by atoms with Gasteiger partial charge in [0, 0.05) is 5.56 Å². The van der Waals surface area contributed by atoms with Gasteiger partial charge in [-0.05, 0) is 31.0 Å². The first-order valence-electron chi connectivity index (χ1n) is 6.17. The van der Waals surface area contributed by atoms with Crippen LogP contribution in [-0.4, -0.2) is 30.1 Å². The summed E-state index contributed by atoms with van der Waals surface area (Å²) in [7, 11) is 1.53. The van der Waals surface area contributed by atoms with Crippen LogP contribution in [0.15, 0.2) is 18.2 Å². The smallest absolute Gasteiger partial charge is 0.326 e. The van der Waals surface area contributed by atoms with E-state index in [1.165, 1.54) is 7.11 Å². The summed E-state index contributed by atoms with van der Waals surface area (Å²) in [5.74, 6) is -0.816. The van der Waals surface area contributed by atoms with Gasteiger partial charge in [-0.1, -0.05) is 19.4 Å². The van der Waals surface area contributed by atoms with Gasteiger partial charge in [-0.2, -0.15) is 0 Å². The van der Waals surface area contributed by atoms with Crippen LogP contribution in [0.2, 0.25) is 0 Å². The quantitative estimate of drug-likeness (QED) is 0.824. The molecule has 1 atom stereocenters. The number of benzene rings is 1. The molecule has 1 rings (SSSR count). The number of carbonyl (C=O) groups excluding carboxylic acids is 1. The molecular formula is C14H19NO4. The van der Waals surface area contributed by atoms with Gasteiger partial charge in [0.25, 0.3) is 5.91 Å². The van der Waals surface area contributed by atoms with Gasteiger partial charge in [-0.3, -0.25) is 4.79 Å². The summed E-state index contributed by atoms with van der Waals surface area (Å²) >= 11 is 0. The monoisotopic (exact) mass is 265 g/mol. The van der Waals surface area contributed by atoms with Crippen molar-refractivity contribution in [2.24, 2.45) is 0 Å². The van der Waals surface area contributed by atoms with Gasteiger partial charge >= 0.3 is 5.97 Å². The molecule has 0 spiro atoms. The Morgan fingerprint density at radius 1 is 1.42 bits per heavy atom. The molecule has 0 bridgehead atoms. The van der Waals surface area contributed by atoms with Crippen molar-refractivity contribution in [1.29, 1.82) is 0 Å². The van der Waals surface area contributed by atoms with Crippen molar-refractivity contribution in [2.45, 2.75) is 32.7 Å². The lowest BCUT2D eigenvalue weighted by atomic mass is 10.1. The molecular weight excluding hydrogens is 246 g/mol. The van der Waals surface area contributed by atoms with E-state index in [-0.39, 0.29) is 0 Å². The van der Waals surface area contributed by atoms with E-state index in [0.29, 0.717) is 24.2 Å². The lowest BCUT2D eigenvalue weighted by Crippen LogP contribution is -2.40. The molecule has 1 amide bonds. The van der Waals surface area contributed by atoms with Crippen LogP contribution >= 0.6 is 0 Å². The van der Waals surface area contributed by atoms with Crippen LogP contribution in [-0.2, 0) is 4.79 Å². The van der Waals surface area contributed by atoms with Crippen molar-refractivity contribution in [1.82, 2.24) is 5.32 Å². The van der Waals surface area contributed by atoms with Crippen molar-refractivity contribution in [3.8, 4) is 5.75 Å². The van der Waals surface area contributed by atoms with Crippen LogP contribution in [0.1, 0.15) is 35.7 Å². The minimum absolute atomic E-state index is 0.393. The Morgan fingerprint density at radius 2 is 2.11 bits per heavy atom. The number of methoxy groups -OCH3 is 1. The van der Waals surface area contributed by atoms with Crippen LogP contribution in [0.4, 0.5) is 0 Å². The molecule has 0 heterocycles. The Balaban J connectivity index is 2.85. The molecule has 1 aromatic rings. The zero-order valence-corrected chi connectivity index (χ0v) is 11.4. The average molecular weight is 265 g/mol. The number of amides is 1. The zero-order valence-electron chi connectivity index (χ0n) is 11.4. The normalized spacial score (nSPS) is 11.7. The third kappa shape index (κ3) is 3.98. The molecule has 0 saturated carbocycles. The van der Waals surface area contributed by atoms with Gasteiger partial charge in [0.1, 0.15) is 11.8 Å². The fourth-order valence-electron chi connectivity index (χ4n) is 1.75. The van der Waals surface area contributed by atoms with Gasteiger partial charge in [0.15, 0.2) is 0 Å². The zero-order chi connectivity index (χ0) is 14.4. The number of aryl methyl sites for hydroxylation is 1. The molecule has 0 fully saturated rings. The molecule has 0 aliphatic heterocycles. The Kier molecular flexibility index (Phi) is 5.36. The van der Waals surface area contributed by atoms with Crippen molar-refractivity contribution < 1.29 is 19.4 Å². The van der Waals surface area contributed by atoms with Crippen LogP contribution in [0, 0.1) is 6.92 Å². The molecule has 5 nitrogen and oxygen atoms in total. The fraction of sp³-hybridized carbons (Fsp3) is 0.429. The maximum atomic E-state index is 12.0. The summed E-state index contributed by atoms with van der Waals surface area (Å²) in [6.07, 6.45) is 1.10. The van der Waals surface area contributed by atoms with Crippen LogP contribution in [0.3, 0.4) is 0 Å². The topological polar surface area (TPSA) is 75.6 Å². The second kappa shape index (κ2) is 6.78. The van der Waals surface area contributed by atoms with Crippen LogP contribution < -0.4 is 10.1 Å². The molecule has 104 valence electrons. The predicted molar refractivity (Wildman–Crippen MR) is 71.5 cm³/mol. The summed E-state index contributed by atoms with van der Waals surface area (Å²) in [5, 5.41) is 11.5. The first kappa shape index (κ1) is 15.0. The molecule has 19 heavy (non-hydrogen) atoms. The van der Waals surface area contributed by atoms with E-state index in [1.54, 1.807) is 18.2 Å². The summed E-state index contributed by atoms with van der Waals surface area (Å²) in [5.41, 5.74) is 1.31. The average Bonchev–Trinajstić information content (AvgIpc) is 2.38. The Morgan fingerprint density at radius 3 is 2.63 bits per heavy atom. The minimum Gasteiger partial charge on any atom is -0.496 e. The molecule has 1 aromatic carbocycles. The molecule has 0 radical (unpaired) electrons. The molecule has 0 aliphatic rings. The molecule has 0 aromatic heterocycles. The van der Waals surface area contributed by atoms with Crippen molar-refractivity contribution >= 4 is 11.9 Å². The highest BCUT2D eigenvalue weighted by molar-refractivity contribution is 5.97. The summed E-state index contributed by atoms with van der Waals surface area (Å²) < 4.78 is 5.14. The Labute approximate surface area is 112 Å². The number of carboxylic acid groups (broad SMARTS) is 1. The van der Waals surface area contributed by atoms with E-state index in [2.05, 4.69) is 5.32 Å². The van der Waals surface area contributed by atoms with Crippen molar-refractivity contribution in [3.05, 3.63) is 29.3 Å². The molecule has 0 unspecified atom stereocenters. The lowest BCUT2D eigenvalue weighted by molar-refractivity contribution is -0.139. The highest BCUT2D eigenvalue weighted by atomic mass is 16.5. The number of nitrogens with one attached hydrogen (secondary N) is 1. The van der Waals surface area contributed by atoms with E-state index in [9.17, 15) is 9.59 Å². The Hall–Kier alpha value is -2.04. The summed E-state index contributed by atoms with van der Waals surface area (Å²) in [4.78, 5) is 23.0. The fourth-order valence-corrected chi connectivity index (χ4v) is 1.75. The largest absolute Gasteiger partial charge is 0.496 e. The van der Waals surface area contributed by atoms with Gasteiger partial charge in [-0.15, -0.1) is 0 Å². The first-order chi connectivity index (χ1) is 8.99. The highest BCUT2D eigenvalue weighted by Gasteiger charge is 2.19. The number of carbonyl (C=O) groups is 2. The third-order valence-corrected chi connectivity index (χ3v) is 2.85. The molecule has 0 aliphatic carbocycles. The van der Waals surface area contributed by atoms with Gasteiger partial charge in [0.2, 0.25) is 0 Å². The number of hydrogen-bond donors (Lipinski definition) is 2. The maximum absolute atomic E-state index is 12.0. The van der Waals surface area contributed by atoms with Crippen molar-refractivity contribution in [3.63, 3.8) is 0 Å². The molecule has 5 heteroatoms. The van der Waals surface area contributed by atoms with E-state index < -0.39 is 17.9 Å². The predicted octanol–water partition coefficient (Wildman–Crippen LogP) is 1.99. The number of ether oxygens (including phenoxy) is 1. The standard InChI is InChI=1S/C14H19NO4/c1-4-5-11(14(17)18)15-13(16)10-7-6-9(2)12(8-10)19-3/h6-8,11H,4-5H2,1-3H3,(H,15,16)(H,17,18)/t11-/m0/s1. The van der Waals surface area contributed by atoms with Gasteiger partial charge in [0.05, 0.1) is 7.11 Å². The molecule has 2 N–H and O–H groups in total. The number of aliphatic carboxylic acids is 1. The van der Waals surface area contributed by atoms with Gasteiger partial charge in [-0.25, -0.2) is 4.79 Å². The van der Waals surface area contributed by atoms with Crippen molar-refractivity contribution in [2.75, 3.05) is 7.11 Å². The van der Waals surface area contributed by atoms with E-state index >= 15 is 0 Å². The van der Waals surface area contributed by atoms with E-state index in [4.69, 9.17) is 9.84 Å². The lowest BCUT2D eigenvalue weighted by Gasteiger charge is -2.14. The highest BCUT2D eigenvalue weighted by Crippen LogP contribution is 2.19. The number of hydrogen-bond acceptors (Lipinski definition) is 3.